The van der Waals surface area contributed by atoms with Gasteiger partial charge in [-0.15, -0.1) is 16.4 Å². The fourth-order valence-corrected chi connectivity index (χ4v) is 4.46. The van der Waals surface area contributed by atoms with Gasteiger partial charge in [0, 0.05) is 31.1 Å². The molecule has 0 unspecified atom stereocenters. The quantitative estimate of drug-likeness (QED) is 0.591. The SMILES string of the molecule is CC(C)C[C@@H](c1nnnn1Cc1cccs1)N1CCN(C(=O)c2ccco2)CC1. The lowest BCUT2D eigenvalue weighted by Gasteiger charge is -2.39. The van der Waals surface area contributed by atoms with Crippen LogP contribution in [0.1, 0.15) is 47.6 Å². The van der Waals surface area contributed by atoms with Gasteiger partial charge in [-0.1, -0.05) is 19.9 Å². The van der Waals surface area contributed by atoms with Crippen molar-refractivity contribution in [2.75, 3.05) is 26.2 Å². The van der Waals surface area contributed by atoms with Gasteiger partial charge in [-0.05, 0) is 46.3 Å². The Kier molecular flexibility index (Phi) is 6.05. The summed E-state index contributed by atoms with van der Waals surface area (Å²) in [6, 6.07) is 7.74. The average molecular weight is 415 g/mol. The zero-order valence-corrected chi connectivity index (χ0v) is 17.6. The number of furan rings is 1. The van der Waals surface area contributed by atoms with E-state index in [1.54, 1.807) is 23.5 Å². The molecule has 9 heteroatoms. The normalized spacial score (nSPS) is 16.4. The Morgan fingerprint density at radius 1 is 1.21 bits per heavy atom. The number of amides is 1. The average Bonchev–Trinajstić information content (AvgIpc) is 3.49. The Balaban J connectivity index is 1.47. The monoisotopic (exact) mass is 414 g/mol. The lowest BCUT2D eigenvalue weighted by atomic mass is 10.0. The van der Waals surface area contributed by atoms with Crippen LogP contribution < -0.4 is 0 Å². The molecule has 0 N–H and O–H groups in total. The van der Waals surface area contributed by atoms with Gasteiger partial charge in [0.2, 0.25) is 0 Å². The highest BCUT2D eigenvalue weighted by molar-refractivity contribution is 7.09. The predicted molar refractivity (Wildman–Crippen MR) is 110 cm³/mol. The van der Waals surface area contributed by atoms with Crippen LogP contribution in [0.5, 0.6) is 0 Å². The number of piperazine rings is 1. The molecule has 154 valence electrons. The first-order chi connectivity index (χ1) is 14.1. The van der Waals surface area contributed by atoms with Crippen molar-refractivity contribution in [1.82, 2.24) is 30.0 Å². The maximum atomic E-state index is 12.6. The van der Waals surface area contributed by atoms with Gasteiger partial charge in [0.05, 0.1) is 18.8 Å². The molecule has 0 aliphatic carbocycles. The molecule has 4 rings (SSSR count). The molecule has 8 nitrogen and oxygen atoms in total. The molecule has 1 fully saturated rings. The minimum atomic E-state index is -0.0439. The minimum Gasteiger partial charge on any atom is -0.459 e. The lowest BCUT2D eigenvalue weighted by Crippen LogP contribution is -2.50. The Morgan fingerprint density at radius 3 is 2.69 bits per heavy atom. The zero-order chi connectivity index (χ0) is 20.2. The maximum absolute atomic E-state index is 12.6. The summed E-state index contributed by atoms with van der Waals surface area (Å²) in [5.74, 6) is 1.77. The first-order valence-electron chi connectivity index (χ1n) is 9.97. The lowest BCUT2D eigenvalue weighted by molar-refractivity contribution is 0.0500. The summed E-state index contributed by atoms with van der Waals surface area (Å²) in [7, 11) is 0. The molecule has 0 saturated carbocycles. The summed E-state index contributed by atoms with van der Waals surface area (Å²) in [6.45, 7) is 8.03. The van der Waals surface area contributed by atoms with E-state index in [2.05, 4.69) is 45.7 Å². The van der Waals surface area contributed by atoms with Crippen molar-refractivity contribution >= 4 is 17.2 Å². The van der Waals surface area contributed by atoms with Crippen molar-refractivity contribution in [3.05, 3.63) is 52.4 Å². The number of hydrogen-bond acceptors (Lipinski definition) is 7. The molecule has 4 heterocycles. The molecule has 3 aromatic heterocycles. The van der Waals surface area contributed by atoms with E-state index in [9.17, 15) is 4.79 Å². The number of carbonyl (C=O) groups is 1. The van der Waals surface area contributed by atoms with Crippen molar-refractivity contribution in [1.29, 1.82) is 0 Å². The molecule has 0 radical (unpaired) electrons. The molecular formula is C20H26N6O2S. The van der Waals surface area contributed by atoms with E-state index < -0.39 is 0 Å². The summed E-state index contributed by atoms with van der Waals surface area (Å²) in [4.78, 5) is 18.0. The smallest absolute Gasteiger partial charge is 0.289 e. The molecule has 1 saturated heterocycles. The third-order valence-corrected chi connectivity index (χ3v) is 6.07. The van der Waals surface area contributed by atoms with Crippen LogP contribution in [-0.4, -0.2) is 62.1 Å². The minimum absolute atomic E-state index is 0.0439. The largest absolute Gasteiger partial charge is 0.459 e. The highest BCUT2D eigenvalue weighted by atomic mass is 32.1. The molecule has 1 atom stereocenters. The van der Waals surface area contributed by atoms with Crippen LogP contribution in [0.3, 0.4) is 0 Å². The van der Waals surface area contributed by atoms with E-state index in [-0.39, 0.29) is 11.9 Å². The molecule has 1 amide bonds. The van der Waals surface area contributed by atoms with Gasteiger partial charge >= 0.3 is 0 Å². The Labute approximate surface area is 174 Å². The van der Waals surface area contributed by atoms with Gasteiger partial charge in [-0.25, -0.2) is 4.68 Å². The molecular weight excluding hydrogens is 388 g/mol. The number of thiophene rings is 1. The van der Waals surface area contributed by atoms with Crippen LogP contribution in [0.4, 0.5) is 0 Å². The summed E-state index contributed by atoms with van der Waals surface area (Å²) in [5, 5.41) is 14.7. The van der Waals surface area contributed by atoms with Gasteiger partial charge < -0.3 is 9.32 Å². The number of tetrazole rings is 1. The highest BCUT2D eigenvalue weighted by Gasteiger charge is 2.31. The van der Waals surface area contributed by atoms with Crippen LogP contribution in [-0.2, 0) is 6.54 Å². The van der Waals surface area contributed by atoms with E-state index >= 15 is 0 Å². The van der Waals surface area contributed by atoms with E-state index in [1.165, 1.54) is 11.1 Å². The third-order valence-electron chi connectivity index (χ3n) is 5.21. The van der Waals surface area contributed by atoms with Crippen LogP contribution in [0.15, 0.2) is 40.3 Å². The standard InChI is InChI=1S/C20H26N6O2S/c1-15(2)13-17(19-21-22-23-26(19)14-16-5-4-12-29-16)24-7-9-25(10-8-24)20(27)18-6-3-11-28-18/h3-6,11-12,15,17H,7-10,13-14H2,1-2H3/t17-/m0/s1. The second kappa shape index (κ2) is 8.87. The van der Waals surface area contributed by atoms with Crippen LogP contribution in [0.2, 0.25) is 0 Å². The Hall–Kier alpha value is -2.52. The second-order valence-electron chi connectivity index (χ2n) is 7.72. The second-order valence-corrected chi connectivity index (χ2v) is 8.76. The molecule has 1 aliphatic rings. The number of carbonyl (C=O) groups excluding carboxylic acids is 1. The molecule has 0 aromatic carbocycles. The van der Waals surface area contributed by atoms with Crippen LogP contribution >= 0.6 is 11.3 Å². The topological polar surface area (TPSA) is 80.3 Å². The summed E-state index contributed by atoms with van der Waals surface area (Å²) in [6.07, 6.45) is 2.51. The molecule has 29 heavy (non-hydrogen) atoms. The van der Waals surface area contributed by atoms with E-state index in [1.807, 2.05) is 15.6 Å². The number of rotatable bonds is 7. The van der Waals surface area contributed by atoms with Gasteiger partial charge in [-0.3, -0.25) is 9.69 Å². The molecule has 1 aliphatic heterocycles. The van der Waals surface area contributed by atoms with Crippen molar-refractivity contribution in [2.45, 2.75) is 32.9 Å². The maximum Gasteiger partial charge on any atom is 0.289 e. The number of aromatic nitrogens is 4. The zero-order valence-electron chi connectivity index (χ0n) is 16.8. The van der Waals surface area contributed by atoms with E-state index in [0.29, 0.717) is 31.3 Å². The summed E-state index contributed by atoms with van der Waals surface area (Å²) >= 11 is 1.71. The van der Waals surface area contributed by atoms with Gasteiger partial charge in [0.1, 0.15) is 0 Å². The van der Waals surface area contributed by atoms with Gasteiger partial charge in [0.15, 0.2) is 11.6 Å². The van der Waals surface area contributed by atoms with Gasteiger partial charge in [0.25, 0.3) is 5.91 Å². The van der Waals surface area contributed by atoms with Gasteiger partial charge in [-0.2, -0.15) is 0 Å². The fourth-order valence-electron chi connectivity index (χ4n) is 3.77. The molecule has 0 spiro atoms. The van der Waals surface area contributed by atoms with Crippen molar-refractivity contribution in [2.24, 2.45) is 5.92 Å². The molecule has 3 aromatic rings. The third kappa shape index (κ3) is 4.56. The fraction of sp³-hybridized carbons (Fsp3) is 0.500. The van der Waals surface area contributed by atoms with Crippen molar-refractivity contribution in [3.8, 4) is 0 Å². The summed E-state index contributed by atoms with van der Waals surface area (Å²) in [5.41, 5.74) is 0. The predicted octanol–water partition coefficient (Wildman–Crippen LogP) is 2.92. The van der Waals surface area contributed by atoms with Crippen molar-refractivity contribution in [3.63, 3.8) is 0 Å². The highest BCUT2D eigenvalue weighted by Crippen LogP contribution is 2.28. The van der Waals surface area contributed by atoms with Crippen LogP contribution in [0, 0.1) is 5.92 Å². The first kappa shape index (κ1) is 19.8. The number of hydrogen-bond donors (Lipinski definition) is 0. The van der Waals surface area contributed by atoms with Crippen LogP contribution in [0.25, 0.3) is 0 Å². The Morgan fingerprint density at radius 2 is 2.03 bits per heavy atom. The number of nitrogens with zero attached hydrogens (tertiary/aromatic N) is 6. The first-order valence-corrected chi connectivity index (χ1v) is 10.8. The van der Waals surface area contributed by atoms with Crippen molar-refractivity contribution < 1.29 is 9.21 Å². The van der Waals surface area contributed by atoms with E-state index in [0.717, 1.165) is 25.3 Å². The Bertz CT molecular complexity index is 897. The molecule has 0 bridgehead atoms. The summed E-state index contributed by atoms with van der Waals surface area (Å²) < 4.78 is 7.18. The van der Waals surface area contributed by atoms with E-state index in [4.69, 9.17) is 4.42 Å².